The molecule has 0 fully saturated rings. The average Bonchev–Trinajstić information content (AvgIpc) is 2.42. The lowest BCUT2D eigenvalue weighted by Gasteiger charge is -2.35. The van der Waals surface area contributed by atoms with E-state index in [0.717, 1.165) is 31.2 Å². The number of hydrogen-bond donors (Lipinski definition) is 2. The molecule has 2 unspecified atom stereocenters. The van der Waals surface area contributed by atoms with Crippen LogP contribution in [0.4, 0.5) is 4.39 Å². The predicted molar refractivity (Wildman–Crippen MR) is 86.7 cm³/mol. The molecule has 0 aliphatic heterocycles. The van der Waals surface area contributed by atoms with Crippen molar-refractivity contribution in [3.05, 3.63) is 35.6 Å². The second-order valence-electron chi connectivity index (χ2n) is 6.84. The van der Waals surface area contributed by atoms with E-state index in [1.807, 2.05) is 12.1 Å². The van der Waals surface area contributed by atoms with Crippen LogP contribution in [0.1, 0.15) is 65.0 Å². The molecule has 0 amide bonds. The number of hydrogen-bond acceptors (Lipinski definition) is 2. The molecular formula is C18H30FNO. The highest BCUT2D eigenvalue weighted by molar-refractivity contribution is 5.20. The Hall–Kier alpha value is -0.930. The van der Waals surface area contributed by atoms with E-state index in [4.69, 9.17) is 0 Å². The number of nitrogens with one attached hydrogen (secondary N) is 1. The van der Waals surface area contributed by atoms with Crippen LogP contribution in [-0.4, -0.2) is 17.8 Å². The molecule has 2 N–H and O–H groups in total. The van der Waals surface area contributed by atoms with Gasteiger partial charge in [-0.15, -0.1) is 0 Å². The van der Waals surface area contributed by atoms with E-state index in [1.165, 1.54) is 12.1 Å². The van der Waals surface area contributed by atoms with Gasteiger partial charge in [-0.25, -0.2) is 4.39 Å². The van der Waals surface area contributed by atoms with Crippen LogP contribution in [-0.2, 0) is 0 Å². The average molecular weight is 295 g/mol. The van der Waals surface area contributed by atoms with E-state index >= 15 is 0 Å². The zero-order chi connectivity index (χ0) is 15.9. The van der Waals surface area contributed by atoms with Crippen molar-refractivity contribution in [1.82, 2.24) is 5.32 Å². The molecule has 2 atom stereocenters. The lowest BCUT2D eigenvalue weighted by Crippen LogP contribution is -2.43. The Bertz CT molecular complexity index is 397. The van der Waals surface area contributed by atoms with Gasteiger partial charge in [0.1, 0.15) is 5.82 Å². The highest BCUT2D eigenvalue weighted by Gasteiger charge is 2.26. The van der Waals surface area contributed by atoms with Crippen LogP contribution >= 0.6 is 0 Å². The smallest absolute Gasteiger partial charge is 0.123 e. The predicted octanol–water partition coefficient (Wildman–Crippen LogP) is 4.44. The Morgan fingerprint density at radius 3 is 2.24 bits per heavy atom. The van der Waals surface area contributed by atoms with Gasteiger partial charge in [0.05, 0.1) is 0 Å². The molecule has 0 bridgehead atoms. The number of aliphatic hydroxyl groups is 1. The van der Waals surface area contributed by atoms with Crippen molar-refractivity contribution in [3.63, 3.8) is 0 Å². The molecule has 2 nitrogen and oxygen atoms in total. The number of unbranched alkanes of at least 4 members (excludes halogenated alkanes) is 1. The second-order valence-corrected chi connectivity index (χ2v) is 6.84. The molecule has 0 saturated heterocycles. The zero-order valence-electron chi connectivity index (χ0n) is 13.8. The first-order valence-corrected chi connectivity index (χ1v) is 8.00. The Morgan fingerprint density at radius 1 is 1.14 bits per heavy atom. The van der Waals surface area contributed by atoms with E-state index < -0.39 is 0 Å². The lowest BCUT2D eigenvalue weighted by atomic mass is 9.83. The molecule has 1 aromatic carbocycles. The van der Waals surface area contributed by atoms with E-state index in [-0.39, 0.29) is 29.9 Å². The van der Waals surface area contributed by atoms with Crippen LogP contribution in [0.15, 0.2) is 24.3 Å². The van der Waals surface area contributed by atoms with Gasteiger partial charge in [-0.2, -0.15) is 0 Å². The summed E-state index contributed by atoms with van der Waals surface area (Å²) in [6.45, 7) is 8.90. The Balaban J connectivity index is 2.88. The van der Waals surface area contributed by atoms with Crippen molar-refractivity contribution in [2.75, 3.05) is 6.61 Å². The van der Waals surface area contributed by atoms with Gasteiger partial charge in [-0.05, 0) is 36.0 Å². The van der Waals surface area contributed by atoms with Crippen molar-refractivity contribution in [1.29, 1.82) is 0 Å². The van der Waals surface area contributed by atoms with Crippen molar-refractivity contribution < 1.29 is 9.50 Å². The first kappa shape index (κ1) is 18.1. The molecule has 3 heteroatoms. The molecule has 1 rings (SSSR count). The SMILES string of the molecule is CCCCC(NC(CCO)C(C)(C)C)c1ccc(F)cc1. The molecule has 0 aliphatic rings. The summed E-state index contributed by atoms with van der Waals surface area (Å²) in [6.07, 6.45) is 4.03. The number of rotatable bonds is 8. The summed E-state index contributed by atoms with van der Waals surface area (Å²) in [5.74, 6) is -0.198. The van der Waals surface area contributed by atoms with Gasteiger partial charge >= 0.3 is 0 Å². The third-order valence-electron chi connectivity index (χ3n) is 3.98. The highest BCUT2D eigenvalue weighted by atomic mass is 19.1. The molecule has 0 spiro atoms. The van der Waals surface area contributed by atoms with Crippen LogP contribution in [0.5, 0.6) is 0 Å². The van der Waals surface area contributed by atoms with Crippen molar-refractivity contribution in [2.24, 2.45) is 5.41 Å². The molecule has 0 aromatic heterocycles. The minimum atomic E-state index is -0.198. The Morgan fingerprint density at radius 2 is 1.76 bits per heavy atom. The summed E-state index contributed by atoms with van der Waals surface area (Å²) in [6, 6.07) is 7.21. The standard InChI is InChI=1S/C18H30FNO/c1-5-6-7-16(14-8-10-15(19)11-9-14)20-17(12-13-21)18(2,3)4/h8-11,16-17,20-21H,5-7,12-13H2,1-4H3. The Labute approximate surface area is 128 Å². The number of benzene rings is 1. The molecule has 120 valence electrons. The summed E-state index contributed by atoms with van der Waals surface area (Å²) in [5.41, 5.74) is 1.20. The minimum Gasteiger partial charge on any atom is -0.396 e. The Kier molecular flexibility index (Phi) is 7.33. The third-order valence-corrected chi connectivity index (χ3v) is 3.98. The molecule has 0 aliphatic carbocycles. The van der Waals surface area contributed by atoms with Gasteiger partial charge in [0.25, 0.3) is 0 Å². The second kappa shape index (κ2) is 8.50. The number of aliphatic hydroxyl groups excluding tert-OH is 1. The molecule has 0 radical (unpaired) electrons. The van der Waals surface area contributed by atoms with Crippen LogP contribution in [0, 0.1) is 11.2 Å². The fourth-order valence-corrected chi connectivity index (χ4v) is 2.59. The minimum absolute atomic E-state index is 0.0766. The molecule has 21 heavy (non-hydrogen) atoms. The van der Waals surface area contributed by atoms with Crippen LogP contribution < -0.4 is 5.32 Å². The van der Waals surface area contributed by atoms with Crippen molar-refractivity contribution >= 4 is 0 Å². The third kappa shape index (κ3) is 6.15. The largest absolute Gasteiger partial charge is 0.396 e. The first-order valence-electron chi connectivity index (χ1n) is 8.00. The lowest BCUT2D eigenvalue weighted by molar-refractivity contribution is 0.182. The first-order chi connectivity index (χ1) is 9.88. The van der Waals surface area contributed by atoms with Crippen LogP contribution in [0.2, 0.25) is 0 Å². The maximum atomic E-state index is 13.1. The zero-order valence-corrected chi connectivity index (χ0v) is 13.8. The van der Waals surface area contributed by atoms with Crippen LogP contribution in [0.25, 0.3) is 0 Å². The van der Waals surface area contributed by atoms with Gasteiger partial charge in [-0.1, -0.05) is 52.7 Å². The van der Waals surface area contributed by atoms with E-state index in [2.05, 4.69) is 33.0 Å². The fraction of sp³-hybridized carbons (Fsp3) is 0.667. The van der Waals surface area contributed by atoms with Gasteiger partial charge in [0.15, 0.2) is 0 Å². The van der Waals surface area contributed by atoms with E-state index in [0.29, 0.717) is 0 Å². The van der Waals surface area contributed by atoms with Gasteiger partial charge in [0.2, 0.25) is 0 Å². The molecule has 0 saturated carbocycles. The number of halogens is 1. The van der Waals surface area contributed by atoms with Crippen molar-refractivity contribution in [2.45, 2.75) is 65.5 Å². The summed E-state index contributed by atoms with van der Waals surface area (Å²) in [7, 11) is 0. The maximum absolute atomic E-state index is 13.1. The molecular weight excluding hydrogens is 265 g/mol. The molecule has 1 aromatic rings. The fourth-order valence-electron chi connectivity index (χ4n) is 2.59. The quantitative estimate of drug-likeness (QED) is 0.743. The van der Waals surface area contributed by atoms with E-state index in [9.17, 15) is 9.50 Å². The summed E-state index contributed by atoms with van der Waals surface area (Å²) in [5, 5.41) is 13.0. The normalized spacial score (nSPS) is 15.0. The van der Waals surface area contributed by atoms with Gasteiger partial charge < -0.3 is 10.4 Å². The van der Waals surface area contributed by atoms with Crippen LogP contribution in [0.3, 0.4) is 0 Å². The summed E-state index contributed by atoms with van der Waals surface area (Å²) in [4.78, 5) is 0. The topological polar surface area (TPSA) is 32.3 Å². The van der Waals surface area contributed by atoms with Crippen molar-refractivity contribution in [3.8, 4) is 0 Å². The van der Waals surface area contributed by atoms with Gasteiger partial charge in [0, 0.05) is 18.7 Å². The summed E-state index contributed by atoms with van der Waals surface area (Å²) < 4.78 is 13.1. The molecule has 0 heterocycles. The monoisotopic (exact) mass is 295 g/mol. The maximum Gasteiger partial charge on any atom is 0.123 e. The van der Waals surface area contributed by atoms with Gasteiger partial charge in [-0.3, -0.25) is 0 Å². The summed E-state index contributed by atoms with van der Waals surface area (Å²) >= 11 is 0. The van der Waals surface area contributed by atoms with E-state index in [1.54, 1.807) is 0 Å². The highest BCUT2D eigenvalue weighted by Crippen LogP contribution is 2.27.